The minimum atomic E-state index is -0.757. The molecule has 3 aromatic carbocycles. The molecular weight excluding hydrogens is 607 g/mol. The third kappa shape index (κ3) is 7.82. The zero-order valence-electron chi connectivity index (χ0n) is 25.5. The van der Waals surface area contributed by atoms with E-state index in [0.717, 1.165) is 40.2 Å². The SMILES string of the molecule is CC(C)(C)C(=O)O.COc1ccc(CN(c2ccc(F)c(Cl)c2)c2ncnc3cc(OC)c(SC4CNC4)cc23)cc1OC. The Morgan fingerprint density at radius 3 is 2.27 bits per heavy atom. The Morgan fingerprint density at radius 1 is 1.02 bits per heavy atom. The lowest BCUT2D eigenvalue weighted by Gasteiger charge is -2.28. The van der Waals surface area contributed by atoms with Crippen molar-refractivity contribution in [2.45, 2.75) is 37.5 Å². The fraction of sp³-hybridized carbons (Fsp3) is 0.344. The number of carbonyl (C=O) groups is 1. The van der Waals surface area contributed by atoms with Crippen LogP contribution in [0.2, 0.25) is 5.02 Å². The Kier molecular flexibility index (Phi) is 10.8. The Labute approximate surface area is 265 Å². The number of fused-ring (bicyclic) bond motifs is 1. The van der Waals surface area contributed by atoms with Crippen molar-refractivity contribution in [2.75, 3.05) is 39.3 Å². The summed E-state index contributed by atoms with van der Waals surface area (Å²) in [6.07, 6.45) is 1.52. The molecule has 2 N–H and O–H groups in total. The number of thioether (sulfide) groups is 1. The molecule has 1 aliphatic rings. The molecule has 0 aliphatic carbocycles. The van der Waals surface area contributed by atoms with Gasteiger partial charge in [0.25, 0.3) is 0 Å². The van der Waals surface area contributed by atoms with Crippen molar-refractivity contribution < 1.29 is 28.5 Å². The lowest BCUT2D eigenvalue weighted by Crippen LogP contribution is -2.44. The van der Waals surface area contributed by atoms with Crippen LogP contribution in [-0.2, 0) is 11.3 Å². The predicted molar refractivity (Wildman–Crippen MR) is 172 cm³/mol. The maximum absolute atomic E-state index is 14.1. The molecule has 0 radical (unpaired) electrons. The number of benzene rings is 3. The van der Waals surface area contributed by atoms with Gasteiger partial charge in [0.1, 0.15) is 23.7 Å². The minimum absolute atomic E-state index is 0.0311. The molecule has 1 aromatic heterocycles. The van der Waals surface area contributed by atoms with Crippen molar-refractivity contribution in [2.24, 2.45) is 5.41 Å². The zero-order valence-corrected chi connectivity index (χ0v) is 27.1. The van der Waals surface area contributed by atoms with E-state index in [1.165, 1.54) is 12.4 Å². The summed E-state index contributed by atoms with van der Waals surface area (Å²) in [4.78, 5) is 22.2. The first-order valence-electron chi connectivity index (χ1n) is 13.8. The van der Waals surface area contributed by atoms with Gasteiger partial charge in [0.2, 0.25) is 0 Å². The molecule has 0 unspecified atom stereocenters. The Bertz CT molecular complexity index is 1630. The van der Waals surface area contributed by atoms with Crippen LogP contribution in [0.3, 0.4) is 0 Å². The first-order chi connectivity index (χ1) is 20.9. The van der Waals surface area contributed by atoms with E-state index in [0.29, 0.717) is 34.8 Å². The number of anilines is 2. The Morgan fingerprint density at radius 2 is 1.70 bits per heavy atom. The summed E-state index contributed by atoms with van der Waals surface area (Å²) < 4.78 is 30.7. The fourth-order valence-corrected chi connectivity index (χ4v) is 5.53. The molecular formula is C32H36ClFN4O5S. The predicted octanol–water partition coefficient (Wildman–Crippen LogP) is 6.97. The molecule has 1 aliphatic heterocycles. The van der Waals surface area contributed by atoms with Crippen LogP contribution in [-0.4, -0.2) is 60.7 Å². The van der Waals surface area contributed by atoms with Crippen LogP contribution in [0.4, 0.5) is 15.9 Å². The minimum Gasteiger partial charge on any atom is -0.496 e. The van der Waals surface area contributed by atoms with Crippen molar-refractivity contribution >= 4 is 51.7 Å². The first kappa shape index (κ1) is 33.1. The third-order valence-electron chi connectivity index (χ3n) is 6.84. The highest BCUT2D eigenvalue weighted by molar-refractivity contribution is 8.00. The van der Waals surface area contributed by atoms with E-state index in [1.807, 2.05) is 29.2 Å². The highest BCUT2D eigenvalue weighted by Gasteiger charge is 2.23. The van der Waals surface area contributed by atoms with Crippen LogP contribution in [0.15, 0.2) is 59.8 Å². The maximum atomic E-state index is 14.1. The van der Waals surface area contributed by atoms with Gasteiger partial charge in [0.05, 0.1) is 42.2 Å². The van der Waals surface area contributed by atoms with Crippen molar-refractivity contribution in [1.82, 2.24) is 15.3 Å². The highest BCUT2D eigenvalue weighted by atomic mass is 35.5. The number of rotatable bonds is 9. The van der Waals surface area contributed by atoms with Crippen molar-refractivity contribution in [3.05, 3.63) is 71.3 Å². The average Bonchev–Trinajstić information content (AvgIpc) is 2.98. The summed E-state index contributed by atoms with van der Waals surface area (Å²) >= 11 is 7.97. The van der Waals surface area contributed by atoms with Crippen LogP contribution in [0.25, 0.3) is 10.9 Å². The summed E-state index contributed by atoms with van der Waals surface area (Å²) in [6, 6.07) is 14.4. The van der Waals surface area contributed by atoms with Crippen LogP contribution < -0.4 is 24.4 Å². The molecule has 2 heterocycles. The molecule has 234 valence electrons. The van der Waals surface area contributed by atoms with Gasteiger partial charge in [-0.05, 0) is 62.7 Å². The fourth-order valence-electron chi connectivity index (χ4n) is 4.15. The normalized spacial score (nSPS) is 13.0. The summed E-state index contributed by atoms with van der Waals surface area (Å²) in [5.74, 6) is 1.44. The lowest BCUT2D eigenvalue weighted by atomic mass is 9.98. The van der Waals surface area contributed by atoms with Gasteiger partial charge < -0.3 is 29.5 Å². The molecule has 0 atom stereocenters. The monoisotopic (exact) mass is 642 g/mol. The number of ether oxygens (including phenoxy) is 3. The van der Waals surface area contributed by atoms with Crippen molar-refractivity contribution in [3.8, 4) is 17.2 Å². The van der Waals surface area contributed by atoms with Crippen LogP contribution >= 0.6 is 23.4 Å². The smallest absolute Gasteiger partial charge is 0.308 e. The molecule has 5 rings (SSSR count). The van der Waals surface area contributed by atoms with Crippen molar-refractivity contribution in [1.29, 1.82) is 0 Å². The van der Waals surface area contributed by atoms with Gasteiger partial charge >= 0.3 is 5.97 Å². The standard InChI is InChI=1S/C27H26ClFN4O3S.C5H10O2/c1-34-23-7-4-16(8-24(23)35-2)14-33(17-5-6-21(29)20(28)9-17)27-19-10-26(37-18-12-30-13-18)25(36-3)11-22(19)31-15-32-27;1-5(2,3)4(6)7/h4-11,15,18,30H,12-14H2,1-3H3;1-3H3,(H,6,7). The molecule has 1 saturated heterocycles. The van der Waals surface area contributed by atoms with E-state index >= 15 is 0 Å². The van der Waals surface area contributed by atoms with Gasteiger partial charge in [-0.25, -0.2) is 14.4 Å². The van der Waals surface area contributed by atoms with Gasteiger partial charge in [0.15, 0.2) is 11.5 Å². The average molecular weight is 643 g/mol. The topological polar surface area (TPSA) is 106 Å². The molecule has 9 nitrogen and oxygen atoms in total. The maximum Gasteiger partial charge on any atom is 0.308 e. The van der Waals surface area contributed by atoms with Gasteiger partial charge in [-0.2, -0.15) is 0 Å². The first-order valence-corrected chi connectivity index (χ1v) is 15.1. The van der Waals surface area contributed by atoms with Gasteiger partial charge in [-0.15, -0.1) is 11.8 Å². The van der Waals surface area contributed by atoms with E-state index in [4.69, 9.17) is 30.9 Å². The van der Waals surface area contributed by atoms with E-state index in [-0.39, 0.29) is 5.02 Å². The molecule has 44 heavy (non-hydrogen) atoms. The second-order valence-corrected chi connectivity index (χ2v) is 12.8. The van der Waals surface area contributed by atoms with E-state index < -0.39 is 17.2 Å². The number of aliphatic carboxylic acids is 1. The molecule has 1 fully saturated rings. The summed E-state index contributed by atoms with van der Waals surface area (Å²) in [5.41, 5.74) is 1.78. The molecule has 0 amide bonds. The Hall–Kier alpha value is -3.80. The second-order valence-electron chi connectivity index (χ2n) is 11.0. The number of halogens is 2. The van der Waals surface area contributed by atoms with E-state index in [2.05, 4.69) is 21.4 Å². The molecule has 12 heteroatoms. The lowest BCUT2D eigenvalue weighted by molar-refractivity contribution is -0.145. The number of nitrogens with one attached hydrogen (secondary N) is 1. The Balaban J connectivity index is 0.000000566. The molecule has 0 spiro atoms. The van der Waals surface area contributed by atoms with Gasteiger partial charge in [-0.3, -0.25) is 4.79 Å². The molecule has 0 bridgehead atoms. The quantitative estimate of drug-likeness (QED) is 0.199. The van der Waals surface area contributed by atoms with E-state index in [1.54, 1.807) is 66.0 Å². The van der Waals surface area contributed by atoms with Gasteiger partial charge in [0, 0.05) is 42.0 Å². The summed E-state index contributed by atoms with van der Waals surface area (Å²) in [6.45, 7) is 7.29. The summed E-state index contributed by atoms with van der Waals surface area (Å²) in [5, 5.41) is 12.9. The van der Waals surface area contributed by atoms with Crippen LogP contribution in [0, 0.1) is 11.2 Å². The van der Waals surface area contributed by atoms with Gasteiger partial charge in [-0.1, -0.05) is 17.7 Å². The van der Waals surface area contributed by atoms with E-state index in [9.17, 15) is 9.18 Å². The number of carboxylic acids is 1. The summed E-state index contributed by atoms with van der Waals surface area (Å²) in [7, 11) is 4.86. The largest absolute Gasteiger partial charge is 0.496 e. The number of methoxy groups -OCH3 is 3. The molecule has 4 aromatic rings. The zero-order chi connectivity index (χ0) is 32.0. The van der Waals surface area contributed by atoms with Crippen molar-refractivity contribution in [3.63, 3.8) is 0 Å². The molecule has 0 saturated carbocycles. The van der Waals surface area contributed by atoms with Crippen LogP contribution in [0.1, 0.15) is 26.3 Å². The number of aromatic nitrogens is 2. The third-order valence-corrected chi connectivity index (χ3v) is 8.37. The second kappa shape index (κ2) is 14.3. The number of hydrogen-bond donors (Lipinski definition) is 2. The highest BCUT2D eigenvalue weighted by Crippen LogP contribution is 2.40. The van der Waals surface area contributed by atoms with Crippen LogP contribution in [0.5, 0.6) is 17.2 Å². The number of hydrogen-bond acceptors (Lipinski definition) is 9. The number of nitrogens with zero attached hydrogens (tertiary/aromatic N) is 3. The number of carboxylic acid groups (broad SMARTS) is 1.